The molecule has 0 saturated carbocycles. The third-order valence-corrected chi connectivity index (χ3v) is 4.56. The molecule has 1 aromatic rings. The van der Waals surface area contributed by atoms with E-state index in [0.717, 1.165) is 27.0 Å². The Bertz CT molecular complexity index is 329. The van der Waals surface area contributed by atoms with Gasteiger partial charge in [-0.1, -0.05) is 11.3 Å². The van der Waals surface area contributed by atoms with Crippen LogP contribution in [0, 0.1) is 0 Å². The second-order valence-corrected chi connectivity index (χ2v) is 6.68. The molecule has 0 radical (unpaired) electrons. The van der Waals surface area contributed by atoms with Gasteiger partial charge in [-0.15, -0.1) is 10.2 Å². The SMILES string of the molecule is O=S1CCC(Nc2nnc(Br)s2)C1. The summed E-state index contributed by atoms with van der Waals surface area (Å²) in [6.07, 6.45) is 0.962. The molecule has 0 amide bonds. The lowest BCUT2D eigenvalue weighted by Gasteiger charge is -2.07. The Labute approximate surface area is 90.7 Å². The monoisotopic (exact) mass is 281 g/mol. The molecule has 1 aliphatic heterocycles. The molecule has 4 nitrogen and oxygen atoms in total. The number of rotatable bonds is 2. The highest BCUT2D eigenvalue weighted by Gasteiger charge is 2.21. The van der Waals surface area contributed by atoms with Crippen molar-refractivity contribution in [1.82, 2.24) is 10.2 Å². The van der Waals surface area contributed by atoms with Gasteiger partial charge in [-0.3, -0.25) is 4.21 Å². The first-order valence-corrected chi connectivity index (χ1v) is 6.94. The van der Waals surface area contributed by atoms with E-state index in [-0.39, 0.29) is 0 Å². The number of hydrogen-bond donors (Lipinski definition) is 1. The number of nitrogens with one attached hydrogen (secondary N) is 1. The van der Waals surface area contributed by atoms with E-state index in [1.807, 2.05) is 0 Å². The van der Waals surface area contributed by atoms with Gasteiger partial charge in [0.15, 0.2) is 3.92 Å². The van der Waals surface area contributed by atoms with Gasteiger partial charge in [-0.25, -0.2) is 0 Å². The fourth-order valence-electron chi connectivity index (χ4n) is 1.22. The van der Waals surface area contributed by atoms with E-state index in [0.29, 0.717) is 6.04 Å². The molecule has 0 bridgehead atoms. The summed E-state index contributed by atoms with van der Waals surface area (Å²) in [4.78, 5) is 0. The smallest absolute Gasteiger partial charge is 0.206 e. The van der Waals surface area contributed by atoms with Crippen LogP contribution in [-0.4, -0.2) is 32.0 Å². The summed E-state index contributed by atoms with van der Waals surface area (Å²) in [5.41, 5.74) is 0. The fourth-order valence-corrected chi connectivity index (χ4v) is 3.72. The minimum Gasteiger partial charge on any atom is -0.356 e. The van der Waals surface area contributed by atoms with Gasteiger partial charge in [0.1, 0.15) is 0 Å². The number of hydrogen-bond acceptors (Lipinski definition) is 5. The predicted octanol–water partition coefficient (Wildman–Crippen LogP) is 1.23. The summed E-state index contributed by atoms with van der Waals surface area (Å²) in [6.45, 7) is 0. The predicted molar refractivity (Wildman–Crippen MR) is 57.5 cm³/mol. The van der Waals surface area contributed by atoms with Crippen molar-refractivity contribution in [1.29, 1.82) is 0 Å². The lowest BCUT2D eigenvalue weighted by molar-refractivity contribution is 0.686. The molecule has 0 aromatic carbocycles. The van der Waals surface area contributed by atoms with Gasteiger partial charge in [0, 0.05) is 28.3 Å². The quantitative estimate of drug-likeness (QED) is 0.886. The Morgan fingerprint density at radius 2 is 2.46 bits per heavy atom. The average Bonchev–Trinajstić information content (AvgIpc) is 2.62. The maximum absolute atomic E-state index is 11.1. The molecule has 1 saturated heterocycles. The van der Waals surface area contributed by atoms with Crippen LogP contribution >= 0.6 is 27.3 Å². The molecule has 7 heteroatoms. The van der Waals surface area contributed by atoms with Crippen molar-refractivity contribution in [2.75, 3.05) is 16.8 Å². The highest BCUT2D eigenvalue weighted by atomic mass is 79.9. The molecule has 2 atom stereocenters. The van der Waals surface area contributed by atoms with E-state index in [1.165, 1.54) is 11.3 Å². The van der Waals surface area contributed by atoms with Crippen LogP contribution in [0.5, 0.6) is 0 Å². The molecule has 0 spiro atoms. The first-order chi connectivity index (χ1) is 6.24. The van der Waals surface area contributed by atoms with Crippen molar-refractivity contribution in [3.8, 4) is 0 Å². The average molecular weight is 282 g/mol. The van der Waals surface area contributed by atoms with E-state index in [4.69, 9.17) is 0 Å². The lowest BCUT2D eigenvalue weighted by atomic mass is 10.3. The summed E-state index contributed by atoms with van der Waals surface area (Å²) in [5.74, 6) is 1.54. The van der Waals surface area contributed by atoms with Crippen LogP contribution in [0.3, 0.4) is 0 Å². The zero-order valence-electron chi connectivity index (χ0n) is 6.70. The van der Waals surface area contributed by atoms with Crippen LogP contribution in [0.15, 0.2) is 3.92 Å². The zero-order chi connectivity index (χ0) is 9.26. The van der Waals surface area contributed by atoms with Gasteiger partial charge in [0.25, 0.3) is 0 Å². The van der Waals surface area contributed by atoms with E-state index in [1.54, 1.807) is 0 Å². The largest absolute Gasteiger partial charge is 0.356 e. The third kappa shape index (κ3) is 2.47. The third-order valence-electron chi connectivity index (χ3n) is 1.81. The Morgan fingerprint density at radius 1 is 1.62 bits per heavy atom. The van der Waals surface area contributed by atoms with Crippen LogP contribution in [-0.2, 0) is 10.8 Å². The van der Waals surface area contributed by atoms with Gasteiger partial charge in [-0.05, 0) is 22.4 Å². The molecule has 13 heavy (non-hydrogen) atoms. The number of halogens is 1. The maximum atomic E-state index is 11.1. The van der Waals surface area contributed by atoms with Gasteiger partial charge in [0.2, 0.25) is 5.13 Å². The molecular weight excluding hydrogens is 274 g/mol. The van der Waals surface area contributed by atoms with Crippen LogP contribution in [0.2, 0.25) is 0 Å². The van der Waals surface area contributed by atoms with Crippen LogP contribution in [0.25, 0.3) is 0 Å². The van der Waals surface area contributed by atoms with E-state index in [2.05, 4.69) is 31.4 Å². The van der Waals surface area contributed by atoms with Crippen molar-refractivity contribution >= 4 is 43.2 Å². The number of nitrogens with zero attached hydrogens (tertiary/aromatic N) is 2. The zero-order valence-corrected chi connectivity index (χ0v) is 9.91. The summed E-state index contributed by atoms with van der Waals surface area (Å²) in [7, 11) is -0.638. The van der Waals surface area contributed by atoms with E-state index < -0.39 is 10.8 Å². The molecule has 0 aliphatic carbocycles. The Hall–Kier alpha value is -0.0100. The first-order valence-electron chi connectivity index (χ1n) is 3.84. The van der Waals surface area contributed by atoms with E-state index >= 15 is 0 Å². The van der Waals surface area contributed by atoms with Crippen molar-refractivity contribution in [3.63, 3.8) is 0 Å². The minimum atomic E-state index is -0.638. The lowest BCUT2D eigenvalue weighted by Crippen LogP contribution is -2.19. The molecule has 2 rings (SSSR count). The van der Waals surface area contributed by atoms with Crippen LogP contribution < -0.4 is 5.32 Å². The van der Waals surface area contributed by atoms with Crippen LogP contribution in [0.4, 0.5) is 5.13 Å². The van der Waals surface area contributed by atoms with Crippen molar-refractivity contribution in [2.24, 2.45) is 0 Å². The highest BCUT2D eigenvalue weighted by molar-refractivity contribution is 9.11. The Balaban J connectivity index is 1.95. The van der Waals surface area contributed by atoms with Crippen LogP contribution in [0.1, 0.15) is 6.42 Å². The molecule has 1 aliphatic rings. The molecule has 1 aromatic heterocycles. The minimum absolute atomic E-state index is 0.306. The second kappa shape index (κ2) is 4.02. The van der Waals surface area contributed by atoms with Gasteiger partial charge < -0.3 is 5.32 Å². The summed E-state index contributed by atoms with van der Waals surface area (Å²) in [6, 6.07) is 0.306. The number of anilines is 1. The normalized spacial score (nSPS) is 27.8. The fraction of sp³-hybridized carbons (Fsp3) is 0.667. The summed E-state index contributed by atoms with van der Waals surface area (Å²) >= 11 is 4.70. The Kier molecular flexibility index (Phi) is 2.95. The van der Waals surface area contributed by atoms with Gasteiger partial charge in [0.05, 0.1) is 0 Å². The molecule has 1 N–H and O–H groups in total. The van der Waals surface area contributed by atoms with Gasteiger partial charge in [-0.2, -0.15) is 0 Å². The summed E-state index contributed by atoms with van der Waals surface area (Å²) < 4.78 is 11.9. The standard InChI is InChI=1S/C6H8BrN3OS2/c7-5-9-10-6(12-5)8-4-1-2-13(11)3-4/h4H,1-3H2,(H,8,10). The first kappa shape index (κ1) is 9.54. The molecular formula is C6H8BrN3OS2. The van der Waals surface area contributed by atoms with Crippen molar-refractivity contribution < 1.29 is 4.21 Å². The molecule has 72 valence electrons. The number of aromatic nitrogens is 2. The summed E-state index contributed by atoms with van der Waals surface area (Å²) in [5, 5.41) is 11.8. The topological polar surface area (TPSA) is 54.9 Å². The maximum Gasteiger partial charge on any atom is 0.206 e. The second-order valence-electron chi connectivity index (χ2n) is 2.80. The van der Waals surface area contributed by atoms with E-state index in [9.17, 15) is 4.21 Å². The molecule has 2 heterocycles. The highest BCUT2D eigenvalue weighted by Crippen LogP contribution is 2.22. The van der Waals surface area contributed by atoms with Gasteiger partial charge >= 0.3 is 0 Å². The van der Waals surface area contributed by atoms with Crippen molar-refractivity contribution in [2.45, 2.75) is 12.5 Å². The molecule has 1 fully saturated rings. The Morgan fingerprint density at radius 3 is 3.00 bits per heavy atom. The molecule has 2 unspecified atom stereocenters. The van der Waals surface area contributed by atoms with Crippen molar-refractivity contribution in [3.05, 3.63) is 3.92 Å².